The van der Waals surface area contributed by atoms with Crippen molar-refractivity contribution in [3.63, 3.8) is 0 Å². The minimum atomic E-state index is -1.06. The summed E-state index contributed by atoms with van der Waals surface area (Å²) in [6.07, 6.45) is 0.674. The first-order chi connectivity index (χ1) is 24.0. The van der Waals surface area contributed by atoms with Gasteiger partial charge in [0.15, 0.2) is 0 Å². The smallest absolute Gasteiger partial charge is 0.408 e. The van der Waals surface area contributed by atoms with E-state index < -0.39 is 77.3 Å². The zero-order chi connectivity index (χ0) is 38.6. The molecule has 1 aromatic rings. The van der Waals surface area contributed by atoms with E-state index in [1.807, 2.05) is 30.3 Å². The fourth-order valence-electron chi connectivity index (χ4n) is 4.54. The predicted octanol–water partition coefficient (Wildman–Crippen LogP) is -0.327. The SMILES string of the molecule is CNCCNC(=O)C(CCCCNC(=O)C(Cc1ccccc1)NC(=O)OC(C)(C)C)NC(=O)C(C)NC(=O)C(C)NC(=O)C(CS)NC(C)=O. The molecular formula is C34H56N8O8S. The largest absolute Gasteiger partial charge is 0.444 e. The average molecular weight is 737 g/mol. The van der Waals surface area contributed by atoms with Gasteiger partial charge in [0, 0.05) is 38.7 Å². The predicted molar refractivity (Wildman–Crippen MR) is 196 cm³/mol. The first kappa shape index (κ1) is 44.6. The molecule has 7 amide bonds. The van der Waals surface area contributed by atoms with Crippen LogP contribution in [0.1, 0.15) is 66.4 Å². The van der Waals surface area contributed by atoms with E-state index in [0.717, 1.165) is 5.56 Å². The van der Waals surface area contributed by atoms with Gasteiger partial charge in [-0.05, 0) is 66.5 Å². The van der Waals surface area contributed by atoms with Crippen LogP contribution in [0, 0.1) is 0 Å². The lowest BCUT2D eigenvalue weighted by atomic mass is 10.0. The third-order valence-corrected chi connectivity index (χ3v) is 7.56. The van der Waals surface area contributed by atoms with Crippen LogP contribution in [0.25, 0.3) is 0 Å². The molecule has 0 aliphatic carbocycles. The second-order valence-corrected chi connectivity index (χ2v) is 13.4. The molecule has 5 unspecified atom stereocenters. The van der Waals surface area contributed by atoms with Gasteiger partial charge in [0.05, 0.1) is 0 Å². The average Bonchev–Trinajstić information content (AvgIpc) is 3.05. The van der Waals surface area contributed by atoms with E-state index in [9.17, 15) is 33.6 Å². The fraction of sp³-hybridized carbons (Fsp3) is 0.618. The summed E-state index contributed by atoms with van der Waals surface area (Å²) in [7, 11) is 1.74. The lowest BCUT2D eigenvalue weighted by Crippen LogP contribution is -2.57. The third kappa shape index (κ3) is 19.0. The molecule has 0 heterocycles. The number of amides is 7. The minimum absolute atomic E-state index is 0.0167. The standard InChI is InChI=1S/C34H56N8O8S/c1-21(39-32(48)27(20-51)40-23(3)43)28(44)38-22(2)29(45)41-25(30(46)37-18-17-35-7)15-11-12-16-36-31(47)26(19-24-13-9-8-10-14-24)42-33(49)50-34(4,5)6/h8-10,13-14,21-22,25-27,35,51H,11-12,15-20H2,1-7H3,(H,36,47)(H,37,46)(H,38,44)(H,39,48)(H,40,43)(H,41,45)(H,42,49). The Morgan fingerprint density at radius 3 is 1.82 bits per heavy atom. The molecule has 5 atom stereocenters. The highest BCUT2D eigenvalue weighted by molar-refractivity contribution is 7.80. The number of thiol groups is 1. The van der Waals surface area contributed by atoms with Crippen LogP contribution in [-0.2, 0) is 39.9 Å². The second kappa shape index (κ2) is 23.2. The molecule has 0 fully saturated rings. The Kier molecular flexibility index (Phi) is 20.3. The molecule has 0 spiro atoms. The Morgan fingerprint density at radius 2 is 1.25 bits per heavy atom. The number of likely N-dealkylation sites (N-methyl/N-ethyl adjacent to an activating group) is 1. The summed E-state index contributed by atoms with van der Waals surface area (Å²) in [6, 6.07) is 4.39. The number of unbranched alkanes of at least 4 members (excludes halogenated alkanes) is 1. The summed E-state index contributed by atoms with van der Waals surface area (Å²) in [4.78, 5) is 88.1. The molecule has 51 heavy (non-hydrogen) atoms. The topological polar surface area (TPSA) is 225 Å². The van der Waals surface area contributed by atoms with Gasteiger partial charge in [0.2, 0.25) is 35.4 Å². The van der Waals surface area contributed by atoms with Crippen LogP contribution in [0.3, 0.4) is 0 Å². The Labute approximate surface area is 305 Å². The van der Waals surface area contributed by atoms with Crippen molar-refractivity contribution in [3.05, 3.63) is 35.9 Å². The van der Waals surface area contributed by atoms with Gasteiger partial charge in [0.1, 0.15) is 35.8 Å². The molecule has 0 radical (unpaired) electrons. The maximum Gasteiger partial charge on any atom is 0.408 e. The molecule has 0 saturated heterocycles. The monoisotopic (exact) mass is 736 g/mol. The van der Waals surface area contributed by atoms with Crippen molar-refractivity contribution in [2.45, 2.75) is 103 Å². The molecular weight excluding hydrogens is 680 g/mol. The first-order valence-electron chi connectivity index (χ1n) is 17.0. The summed E-state index contributed by atoms with van der Waals surface area (Å²) in [5, 5.41) is 21.3. The highest BCUT2D eigenvalue weighted by Crippen LogP contribution is 2.09. The molecule has 8 N–H and O–H groups in total. The van der Waals surface area contributed by atoms with Crippen LogP contribution < -0.4 is 42.5 Å². The lowest BCUT2D eigenvalue weighted by Gasteiger charge is -2.24. The van der Waals surface area contributed by atoms with E-state index >= 15 is 0 Å². The molecule has 0 aliphatic rings. The van der Waals surface area contributed by atoms with Gasteiger partial charge < -0.3 is 47.3 Å². The molecule has 286 valence electrons. The zero-order valence-electron chi connectivity index (χ0n) is 30.6. The maximum atomic E-state index is 13.1. The maximum absolute atomic E-state index is 13.1. The fourth-order valence-corrected chi connectivity index (χ4v) is 4.80. The van der Waals surface area contributed by atoms with E-state index in [2.05, 4.69) is 55.2 Å². The van der Waals surface area contributed by atoms with Gasteiger partial charge in [0.25, 0.3) is 0 Å². The Hall–Kier alpha value is -4.38. The van der Waals surface area contributed by atoms with Gasteiger partial charge in [-0.25, -0.2) is 4.79 Å². The second-order valence-electron chi connectivity index (χ2n) is 13.0. The lowest BCUT2D eigenvalue weighted by molar-refractivity contribution is -0.133. The molecule has 16 nitrogen and oxygen atoms in total. The number of rotatable bonds is 21. The number of carbonyl (C=O) groups excluding carboxylic acids is 7. The Balaban J connectivity index is 2.78. The number of alkyl carbamates (subject to hydrolysis) is 1. The van der Waals surface area contributed by atoms with Crippen LogP contribution in [0.15, 0.2) is 30.3 Å². The first-order valence-corrected chi connectivity index (χ1v) is 17.6. The molecule has 17 heteroatoms. The molecule has 1 aromatic carbocycles. The van der Waals surface area contributed by atoms with E-state index in [1.165, 1.54) is 20.8 Å². The molecule has 0 saturated carbocycles. The third-order valence-electron chi connectivity index (χ3n) is 7.20. The zero-order valence-corrected chi connectivity index (χ0v) is 31.5. The van der Waals surface area contributed by atoms with Gasteiger partial charge in [-0.15, -0.1) is 0 Å². The summed E-state index contributed by atoms with van der Waals surface area (Å²) >= 11 is 4.05. The van der Waals surface area contributed by atoms with Crippen molar-refractivity contribution in [2.24, 2.45) is 0 Å². The van der Waals surface area contributed by atoms with Crippen molar-refractivity contribution in [3.8, 4) is 0 Å². The van der Waals surface area contributed by atoms with Gasteiger partial charge in [-0.2, -0.15) is 12.6 Å². The summed E-state index contributed by atoms with van der Waals surface area (Å²) in [6.45, 7) is 10.4. The Morgan fingerprint density at radius 1 is 0.686 bits per heavy atom. The number of nitrogens with one attached hydrogen (secondary N) is 8. The van der Waals surface area contributed by atoms with Crippen LogP contribution in [0.4, 0.5) is 4.79 Å². The number of benzene rings is 1. The van der Waals surface area contributed by atoms with Crippen LogP contribution in [0.5, 0.6) is 0 Å². The van der Waals surface area contributed by atoms with Crippen LogP contribution in [-0.4, -0.2) is 110 Å². The summed E-state index contributed by atoms with van der Waals surface area (Å²) < 4.78 is 5.34. The van der Waals surface area contributed by atoms with Gasteiger partial charge >= 0.3 is 6.09 Å². The Bertz CT molecular complexity index is 1310. The van der Waals surface area contributed by atoms with Crippen LogP contribution in [0.2, 0.25) is 0 Å². The van der Waals surface area contributed by atoms with E-state index in [1.54, 1.807) is 27.8 Å². The summed E-state index contributed by atoms with van der Waals surface area (Å²) in [5.74, 6) is -3.10. The number of carbonyl (C=O) groups is 7. The quantitative estimate of drug-likeness (QED) is 0.0595. The van der Waals surface area contributed by atoms with E-state index in [4.69, 9.17) is 4.74 Å². The number of ether oxygens (including phenoxy) is 1. The molecule has 0 aromatic heterocycles. The van der Waals surface area contributed by atoms with Crippen molar-refractivity contribution < 1.29 is 38.3 Å². The van der Waals surface area contributed by atoms with Gasteiger partial charge in [-0.1, -0.05) is 30.3 Å². The van der Waals surface area contributed by atoms with Crippen LogP contribution >= 0.6 is 12.6 Å². The van der Waals surface area contributed by atoms with E-state index in [-0.39, 0.29) is 25.1 Å². The number of hydrogen-bond donors (Lipinski definition) is 9. The normalized spacial score (nSPS) is 14.0. The van der Waals surface area contributed by atoms with Crippen molar-refractivity contribution in [1.29, 1.82) is 0 Å². The molecule has 0 bridgehead atoms. The highest BCUT2D eigenvalue weighted by Gasteiger charge is 2.28. The molecule has 1 rings (SSSR count). The molecule has 0 aliphatic heterocycles. The van der Waals surface area contributed by atoms with Crippen molar-refractivity contribution in [1.82, 2.24) is 42.5 Å². The highest BCUT2D eigenvalue weighted by atomic mass is 32.1. The van der Waals surface area contributed by atoms with Crippen molar-refractivity contribution in [2.75, 3.05) is 32.4 Å². The summed E-state index contributed by atoms with van der Waals surface area (Å²) in [5.41, 5.74) is 0.110. The van der Waals surface area contributed by atoms with Crippen molar-refractivity contribution >= 4 is 54.2 Å². The number of hydrogen-bond acceptors (Lipinski definition) is 10. The van der Waals surface area contributed by atoms with Gasteiger partial charge in [-0.3, -0.25) is 28.8 Å². The van der Waals surface area contributed by atoms with E-state index in [0.29, 0.717) is 25.9 Å². The minimum Gasteiger partial charge on any atom is -0.444 e.